The molecule has 3 aliphatic heterocycles. The highest BCUT2D eigenvalue weighted by atomic mass is 32.1. The van der Waals surface area contributed by atoms with Gasteiger partial charge in [0.2, 0.25) is 23.6 Å². The van der Waals surface area contributed by atoms with Crippen LogP contribution in [0.15, 0.2) is 84.4 Å². The third-order valence-electron chi connectivity index (χ3n) is 15.2. The molecule has 5 heterocycles. The highest BCUT2D eigenvalue weighted by Gasteiger charge is 2.44. The van der Waals surface area contributed by atoms with Crippen molar-refractivity contribution in [3.8, 4) is 10.4 Å². The van der Waals surface area contributed by atoms with Crippen LogP contribution in [0.5, 0.6) is 0 Å². The number of carbonyl (C=O) groups is 5. The highest BCUT2D eigenvalue weighted by molar-refractivity contribution is 7.13. The van der Waals surface area contributed by atoms with E-state index >= 15 is 0 Å². The Morgan fingerprint density at radius 3 is 2.29 bits per heavy atom. The molecule has 23 heteroatoms. The molecule has 5 amide bonds. The van der Waals surface area contributed by atoms with Gasteiger partial charge in [0.1, 0.15) is 23.7 Å². The Labute approximate surface area is 491 Å². The summed E-state index contributed by atoms with van der Waals surface area (Å²) in [6.07, 6.45) is 1.05. The maximum atomic E-state index is 14.0. The van der Waals surface area contributed by atoms with Gasteiger partial charge in [-0.3, -0.25) is 34.0 Å². The van der Waals surface area contributed by atoms with Crippen LogP contribution < -0.4 is 31.5 Å². The molecule has 3 atom stereocenters. The number of nitrogens with zero attached hydrogens (tertiary/aromatic N) is 5. The lowest BCUT2D eigenvalue weighted by atomic mass is 9.85. The Morgan fingerprint density at radius 1 is 0.845 bits per heavy atom. The first-order chi connectivity index (χ1) is 40.4. The fraction of sp³-hybridized carbons (Fsp3) is 0.459. The molecule has 7 N–H and O–H groups in total. The van der Waals surface area contributed by atoms with Crippen LogP contribution in [0.2, 0.25) is 0 Å². The fourth-order valence-corrected chi connectivity index (χ4v) is 11.5. The van der Waals surface area contributed by atoms with E-state index in [1.807, 2.05) is 88.4 Å². The smallest absolute Gasteiger partial charge is 0.258 e. The number of aliphatic hydroxyl groups is 1. The van der Waals surface area contributed by atoms with Gasteiger partial charge in [-0.2, -0.15) is 5.10 Å². The number of benzene rings is 4. The van der Waals surface area contributed by atoms with E-state index in [0.717, 1.165) is 51.9 Å². The molecule has 3 aliphatic rings. The van der Waals surface area contributed by atoms with E-state index in [-0.39, 0.29) is 89.1 Å². The van der Waals surface area contributed by atoms with E-state index in [0.29, 0.717) is 79.5 Å². The van der Waals surface area contributed by atoms with Crippen LogP contribution in [-0.2, 0) is 46.4 Å². The predicted molar refractivity (Wildman–Crippen MR) is 317 cm³/mol. The number of fused-ring (bicyclic) bond motifs is 1. The predicted octanol–water partition coefficient (Wildman–Crippen LogP) is 6.18. The summed E-state index contributed by atoms with van der Waals surface area (Å²) in [6.45, 7) is 12.9. The topological polar surface area (TPSA) is 245 Å². The van der Waals surface area contributed by atoms with Crippen molar-refractivity contribution in [2.45, 2.75) is 90.6 Å². The Balaban J connectivity index is 0.666. The summed E-state index contributed by atoms with van der Waals surface area (Å²) < 4.78 is 44.8. The SMILES string of the molecule is Cc1ncsc1-c1ccc(CNC(=O)[C@@H]2C[C@@H](O)CN2C(=O)[C@@H](NC(=O)CCOCCOCCNC(=O)CN2CCN(c3ccc(C(=O)Nc4n[nH]c5ccc(Cc6cc(F)cc(F)c6)cc45)c(NC4CCOCC4)c3)CC2)C(C)(C)C)cc1. The number of ether oxygens (including phenoxy) is 3. The molecule has 2 aromatic heterocycles. The van der Waals surface area contributed by atoms with Crippen LogP contribution in [0.25, 0.3) is 21.3 Å². The van der Waals surface area contributed by atoms with Crippen molar-refractivity contribution in [3.05, 3.63) is 124 Å². The third kappa shape index (κ3) is 16.5. The van der Waals surface area contributed by atoms with E-state index in [4.69, 9.17) is 14.2 Å². The number of carbonyl (C=O) groups excluding carboxylic acids is 5. The first-order valence-electron chi connectivity index (χ1n) is 28.6. The average molecular weight is 1180 g/mol. The zero-order chi connectivity index (χ0) is 59.3. The highest BCUT2D eigenvalue weighted by Crippen LogP contribution is 2.32. The molecule has 0 bridgehead atoms. The normalized spacial score (nSPS) is 17.3. The zero-order valence-corrected chi connectivity index (χ0v) is 48.8. The summed E-state index contributed by atoms with van der Waals surface area (Å²) in [6, 6.07) is 20.8. The molecule has 9 rings (SSSR count). The Kier molecular flexibility index (Phi) is 20.7. The molecule has 0 aliphatic carbocycles. The summed E-state index contributed by atoms with van der Waals surface area (Å²) in [7, 11) is 0. The first kappa shape index (κ1) is 61.2. The Bertz CT molecular complexity index is 3230. The second-order valence-electron chi connectivity index (χ2n) is 22.7. The number of rotatable bonds is 24. The van der Waals surface area contributed by atoms with E-state index in [2.05, 4.69) is 51.6 Å². The van der Waals surface area contributed by atoms with Gasteiger partial charge in [0.25, 0.3) is 5.91 Å². The summed E-state index contributed by atoms with van der Waals surface area (Å²) >= 11 is 1.56. The zero-order valence-electron chi connectivity index (χ0n) is 47.9. The number of piperazine rings is 1. The van der Waals surface area contributed by atoms with Crippen molar-refractivity contribution in [1.29, 1.82) is 0 Å². The third-order valence-corrected chi connectivity index (χ3v) is 16.2. The molecule has 20 nitrogen and oxygen atoms in total. The van der Waals surface area contributed by atoms with Gasteiger partial charge in [-0.25, -0.2) is 13.8 Å². The van der Waals surface area contributed by atoms with Crippen molar-refractivity contribution >= 4 is 69.0 Å². The number of aliphatic hydroxyl groups excluding tert-OH is 1. The number of aryl methyl sites for hydroxylation is 1. The maximum absolute atomic E-state index is 14.0. The van der Waals surface area contributed by atoms with Gasteiger partial charge in [0.05, 0.1) is 66.2 Å². The molecule has 0 radical (unpaired) electrons. The van der Waals surface area contributed by atoms with E-state index < -0.39 is 47.1 Å². The van der Waals surface area contributed by atoms with Crippen molar-refractivity contribution in [1.82, 2.24) is 40.9 Å². The molecule has 3 saturated heterocycles. The standard InChI is InChI=1S/C61H75F2N11O9S/c1-38-55(84-37-66-38)42-8-5-39(6-9-42)34-65-59(79)52-33-47(75)35-74(52)60(80)56(61(2,3)4)68-53(76)15-23-82-25-26-83-24-16-64-54(77)36-72-17-19-73(20-18-72)46-10-11-48(51(32-46)67-45-13-21-81-22-14-45)58(78)69-57-49-30-40(7-12-50(49)70-71-57)27-41-28-43(62)31-44(63)29-41/h5-12,28-32,37,45,47,52,56,67,75H,13-27,33-36H2,1-4H3,(H,64,77)(H,65,79)(H,68,76)(H2,69,70,71,78)/t47-,52+,56-/m1/s1. The second-order valence-corrected chi connectivity index (χ2v) is 23.5. The molecule has 3 fully saturated rings. The molecule has 84 heavy (non-hydrogen) atoms. The number of likely N-dealkylation sites (tertiary alicyclic amines) is 1. The fourth-order valence-electron chi connectivity index (χ4n) is 10.7. The number of hydrogen-bond acceptors (Lipinski definition) is 15. The lowest BCUT2D eigenvalue weighted by Gasteiger charge is -2.36. The first-order valence-corrected chi connectivity index (χ1v) is 29.5. The van der Waals surface area contributed by atoms with Crippen LogP contribution in [0.1, 0.15) is 79.2 Å². The lowest BCUT2D eigenvalue weighted by Crippen LogP contribution is -2.57. The van der Waals surface area contributed by atoms with Gasteiger partial charge in [0, 0.05) is 101 Å². The number of thiazole rings is 1. The minimum Gasteiger partial charge on any atom is -0.391 e. The van der Waals surface area contributed by atoms with Crippen LogP contribution in [0, 0.1) is 24.0 Å². The number of hydrogen-bond donors (Lipinski definition) is 7. The van der Waals surface area contributed by atoms with E-state index in [1.54, 1.807) is 16.8 Å². The van der Waals surface area contributed by atoms with Gasteiger partial charge in [-0.1, -0.05) is 51.1 Å². The largest absolute Gasteiger partial charge is 0.391 e. The number of anilines is 3. The summed E-state index contributed by atoms with van der Waals surface area (Å²) in [5, 5.41) is 33.9. The minimum atomic E-state index is -0.962. The number of nitrogens with one attached hydrogen (secondary N) is 6. The van der Waals surface area contributed by atoms with Crippen LogP contribution in [0.4, 0.5) is 26.0 Å². The molecule has 0 saturated carbocycles. The van der Waals surface area contributed by atoms with Crippen molar-refractivity contribution < 1.29 is 52.1 Å². The Hall–Kier alpha value is -7.41. The average Bonchev–Trinajstić information content (AvgIpc) is 4.38. The summed E-state index contributed by atoms with van der Waals surface area (Å²) in [4.78, 5) is 78.8. The van der Waals surface area contributed by atoms with Gasteiger partial charge in [-0.15, -0.1) is 11.3 Å². The lowest BCUT2D eigenvalue weighted by molar-refractivity contribution is -0.144. The van der Waals surface area contributed by atoms with Gasteiger partial charge in [0.15, 0.2) is 5.82 Å². The minimum absolute atomic E-state index is 0.0133. The number of aromatic nitrogens is 3. The molecule has 6 aromatic rings. The molecular formula is C61H75F2N11O9S. The van der Waals surface area contributed by atoms with E-state index in [9.17, 15) is 37.9 Å². The Morgan fingerprint density at radius 2 is 1.57 bits per heavy atom. The van der Waals surface area contributed by atoms with Crippen molar-refractivity contribution in [2.75, 3.05) is 101 Å². The van der Waals surface area contributed by atoms with Gasteiger partial charge < -0.3 is 55.7 Å². The van der Waals surface area contributed by atoms with Crippen molar-refractivity contribution in [2.24, 2.45) is 5.41 Å². The van der Waals surface area contributed by atoms with Crippen molar-refractivity contribution in [3.63, 3.8) is 0 Å². The van der Waals surface area contributed by atoms with Crippen LogP contribution in [0.3, 0.4) is 0 Å². The molecule has 0 unspecified atom stereocenters. The maximum Gasteiger partial charge on any atom is 0.258 e. The number of β-amino-alcohol motifs (C(OH)–C–C–N with tert-alkyl or cyclic N) is 1. The number of H-pyrrole nitrogens is 1. The molecule has 448 valence electrons. The summed E-state index contributed by atoms with van der Waals surface area (Å²) in [5.41, 5.74) is 8.01. The van der Waals surface area contributed by atoms with E-state index in [1.165, 1.54) is 17.0 Å². The number of aromatic amines is 1. The summed E-state index contributed by atoms with van der Waals surface area (Å²) in [5.74, 6) is -2.65. The second kappa shape index (κ2) is 28.4. The number of amides is 5. The molecular weight excluding hydrogens is 1100 g/mol. The quantitative estimate of drug-likeness (QED) is 0.0335. The number of halogens is 2. The van der Waals surface area contributed by atoms with Gasteiger partial charge in [-0.05, 0) is 96.3 Å². The monoisotopic (exact) mass is 1180 g/mol. The van der Waals surface area contributed by atoms with Crippen LogP contribution >= 0.6 is 11.3 Å². The molecule has 0 spiro atoms. The van der Waals surface area contributed by atoms with Crippen LogP contribution in [-0.4, -0.2) is 169 Å². The molecule has 4 aromatic carbocycles. The van der Waals surface area contributed by atoms with Gasteiger partial charge >= 0.3 is 0 Å².